The lowest BCUT2D eigenvalue weighted by molar-refractivity contribution is -0.129. The summed E-state index contributed by atoms with van der Waals surface area (Å²) in [5, 5.41) is 10.2. The van der Waals surface area contributed by atoms with Crippen molar-refractivity contribution < 1.29 is 19.4 Å². The van der Waals surface area contributed by atoms with Crippen molar-refractivity contribution >= 4 is 23.3 Å². The smallest absolute Gasteiger partial charge is 0.247 e. The van der Waals surface area contributed by atoms with Gasteiger partial charge in [0.1, 0.15) is 11.6 Å². The third kappa shape index (κ3) is 4.95. The van der Waals surface area contributed by atoms with Crippen LogP contribution in [0.1, 0.15) is 12.0 Å². The predicted octanol–water partition coefficient (Wildman–Crippen LogP) is 1.28. The SMILES string of the molecule is COc1ccc(N2CCN(C(=O)/C=C/C(=O)N3Cc4cccnc4N4C[C@H](O)C[C@@H]4C3)CC2)cc1. The second-order valence-corrected chi connectivity index (χ2v) is 9.24. The van der Waals surface area contributed by atoms with Crippen molar-refractivity contribution in [2.24, 2.45) is 0 Å². The average molecular weight is 478 g/mol. The fraction of sp³-hybridized carbons (Fsp3) is 0.423. The Kier molecular flexibility index (Phi) is 6.59. The monoisotopic (exact) mass is 477 g/mol. The molecule has 2 aromatic rings. The van der Waals surface area contributed by atoms with Gasteiger partial charge in [-0.3, -0.25) is 9.59 Å². The van der Waals surface area contributed by atoms with E-state index in [1.807, 2.05) is 36.4 Å². The molecule has 0 aliphatic carbocycles. The van der Waals surface area contributed by atoms with Crippen LogP contribution >= 0.6 is 0 Å². The summed E-state index contributed by atoms with van der Waals surface area (Å²) in [6.45, 7) is 4.11. The van der Waals surface area contributed by atoms with Crippen molar-refractivity contribution in [2.45, 2.75) is 25.1 Å². The second kappa shape index (κ2) is 9.95. The lowest BCUT2D eigenvalue weighted by Crippen LogP contribution is -2.48. The van der Waals surface area contributed by atoms with Gasteiger partial charge in [0.15, 0.2) is 0 Å². The number of hydrogen-bond acceptors (Lipinski definition) is 7. The molecule has 1 aromatic carbocycles. The van der Waals surface area contributed by atoms with E-state index in [0.29, 0.717) is 39.1 Å². The number of aromatic nitrogens is 1. The highest BCUT2D eigenvalue weighted by atomic mass is 16.5. The lowest BCUT2D eigenvalue weighted by atomic mass is 10.2. The normalized spacial score (nSPS) is 22.1. The minimum Gasteiger partial charge on any atom is -0.497 e. The topological polar surface area (TPSA) is 89.5 Å². The zero-order valence-electron chi connectivity index (χ0n) is 19.9. The summed E-state index contributed by atoms with van der Waals surface area (Å²) in [4.78, 5) is 38.2. The summed E-state index contributed by atoms with van der Waals surface area (Å²) in [7, 11) is 1.65. The molecule has 35 heavy (non-hydrogen) atoms. The Morgan fingerprint density at radius 3 is 2.43 bits per heavy atom. The largest absolute Gasteiger partial charge is 0.497 e. The standard InChI is InChI=1S/C26H31N5O4/c1-35-23-6-4-20(5-7-23)28-11-13-29(14-12-28)24(33)8-9-25(34)30-16-19-3-2-10-27-26(19)31-18-22(32)15-21(31)17-30/h2-10,21-22,32H,11-18H2,1H3/b9-8+/t21-,22-/m1/s1. The van der Waals surface area contributed by atoms with Gasteiger partial charge in [-0.15, -0.1) is 0 Å². The highest BCUT2D eigenvalue weighted by Gasteiger charge is 2.37. The summed E-state index contributed by atoms with van der Waals surface area (Å²) in [6.07, 6.45) is 4.68. The van der Waals surface area contributed by atoms with Gasteiger partial charge in [0.2, 0.25) is 11.8 Å². The van der Waals surface area contributed by atoms with Crippen LogP contribution in [0.2, 0.25) is 0 Å². The molecule has 2 atom stereocenters. The molecular formula is C26H31N5O4. The number of carbonyl (C=O) groups is 2. The maximum atomic E-state index is 13.1. The summed E-state index contributed by atoms with van der Waals surface area (Å²) < 4.78 is 5.22. The van der Waals surface area contributed by atoms with Crippen LogP contribution in [-0.2, 0) is 16.1 Å². The van der Waals surface area contributed by atoms with Crippen molar-refractivity contribution in [3.05, 3.63) is 60.3 Å². The Hall–Kier alpha value is -3.59. The van der Waals surface area contributed by atoms with Crippen molar-refractivity contribution in [2.75, 3.05) is 56.2 Å². The molecule has 184 valence electrons. The van der Waals surface area contributed by atoms with Gasteiger partial charge in [0.05, 0.1) is 19.3 Å². The van der Waals surface area contributed by atoms with Gasteiger partial charge in [0.25, 0.3) is 0 Å². The minimum atomic E-state index is -0.432. The molecule has 2 saturated heterocycles. The van der Waals surface area contributed by atoms with Crippen LogP contribution in [0.3, 0.4) is 0 Å². The first-order valence-electron chi connectivity index (χ1n) is 12.1. The summed E-state index contributed by atoms with van der Waals surface area (Å²) in [5.41, 5.74) is 2.05. The van der Waals surface area contributed by atoms with Crippen LogP contribution in [0, 0.1) is 0 Å². The van der Waals surface area contributed by atoms with E-state index in [9.17, 15) is 14.7 Å². The van der Waals surface area contributed by atoms with E-state index in [-0.39, 0.29) is 17.9 Å². The quantitative estimate of drug-likeness (QED) is 0.664. The number of anilines is 2. The van der Waals surface area contributed by atoms with Crippen molar-refractivity contribution in [1.82, 2.24) is 14.8 Å². The van der Waals surface area contributed by atoms with E-state index in [4.69, 9.17) is 4.74 Å². The van der Waals surface area contributed by atoms with E-state index < -0.39 is 6.10 Å². The van der Waals surface area contributed by atoms with Crippen molar-refractivity contribution in [1.29, 1.82) is 0 Å². The Labute approximate surface area is 205 Å². The number of piperazine rings is 1. The molecule has 0 spiro atoms. The third-order valence-electron chi connectivity index (χ3n) is 7.03. The number of hydrogen-bond donors (Lipinski definition) is 1. The number of rotatable bonds is 4. The van der Waals surface area contributed by atoms with Crippen LogP contribution in [-0.4, -0.2) is 90.2 Å². The highest BCUT2D eigenvalue weighted by molar-refractivity contribution is 5.97. The molecule has 2 fully saturated rings. The zero-order valence-corrected chi connectivity index (χ0v) is 19.9. The van der Waals surface area contributed by atoms with E-state index in [2.05, 4.69) is 14.8 Å². The van der Waals surface area contributed by atoms with E-state index in [1.165, 1.54) is 12.2 Å². The van der Waals surface area contributed by atoms with Gasteiger partial charge in [-0.05, 0) is 36.8 Å². The van der Waals surface area contributed by atoms with Crippen molar-refractivity contribution in [3.63, 3.8) is 0 Å². The first kappa shape index (κ1) is 23.2. The molecule has 5 rings (SSSR count). The van der Waals surface area contributed by atoms with Gasteiger partial charge in [-0.25, -0.2) is 4.98 Å². The molecule has 0 radical (unpaired) electrons. The Morgan fingerprint density at radius 2 is 1.71 bits per heavy atom. The first-order valence-corrected chi connectivity index (χ1v) is 12.1. The highest BCUT2D eigenvalue weighted by Crippen LogP contribution is 2.31. The molecular weight excluding hydrogens is 446 g/mol. The molecule has 1 aromatic heterocycles. The number of aliphatic hydroxyl groups excluding tert-OH is 1. The van der Waals surface area contributed by atoms with E-state index in [0.717, 1.165) is 35.9 Å². The van der Waals surface area contributed by atoms with Crippen LogP contribution in [0.4, 0.5) is 11.5 Å². The molecule has 1 N–H and O–H groups in total. The van der Waals surface area contributed by atoms with Gasteiger partial charge in [0, 0.05) is 75.4 Å². The fourth-order valence-corrected chi connectivity index (χ4v) is 5.16. The number of methoxy groups -OCH3 is 1. The lowest BCUT2D eigenvalue weighted by Gasteiger charge is -2.35. The first-order chi connectivity index (χ1) is 17.0. The van der Waals surface area contributed by atoms with E-state index in [1.54, 1.807) is 23.1 Å². The zero-order chi connectivity index (χ0) is 24.4. The number of carbonyl (C=O) groups excluding carboxylic acids is 2. The average Bonchev–Trinajstić information content (AvgIpc) is 3.19. The maximum Gasteiger partial charge on any atom is 0.247 e. The summed E-state index contributed by atoms with van der Waals surface area (Å²) >= 11 is 0. The van der Waals surface area contributed by atoms with Crippen LogP contribution < -0.4 is 14.5 Å². The van der Waals surface area contributed by atoms with Crippen molar-refractivity contribution in [3.8, 4) is 5.75 Å². The number of amides is 2. The molecule has 9 heteroatoms. The van der Waals surface area contributed by atoms with Gasteiger partial charge in [-0.2, -0.15) is 0 Å². The molecule has 0 unspecified atom stereocenters. The number of pyridine rings is 1. The fourth-order valence-electron chi connectivity index (χ4n) is 5.16. The Balaban J connectivity index is 1.19. The molecule has 4 heterocycles. The van der Waals surface area contributed by atoms with Crippen LogP contribution in [0.5, 0.6) is 5.75 Å². The third-order valence-corrected chi connectivity index (χ3v) is 7.03. The van der Waals surface area contributed by atoms with Gasteiger partial charge < -0.3 is 29.4 Å². The van der Waals surface area contributed by atoms with E-state index >= 15 is 0 Å². The van der Waals surface area contributed by atoms with Gasteiger partial charge >= 0.3 is 0 Å². The molecule has 3 aliphatic heterocycles. The second-order valence-electron chi connectivity index (χ2n) is 9.24. The van der Waals surface area contributed by atoms with Gasteiger partial charge in [-0.1, -0.05) is 6.07 Å². The van der Waals surface area contributed by atoms with Crippen LogP contribution in [0.25, 0.3) is 0 Å². The number of ether oxygens (including phenoxy) is 1. The maximum absolute atomic E-state index is 13.1. The molecule has 3 aliphatic rings. The number of nitrogens with zero attached hydrogens (tertiary/aromatic N) is 5. The molecule has 9 nitrogen and oxygen atoms in total. The number of benzene rings is 1. The molecule has 2 amide bonds. The summed E-state index contributed by atoms with van der Waals surface area (Å²) in [5.74, 6) is 1.30. The number of aliphatic hydroxyl groups is 1. The molecule has 0 bridgehead atoms. The van der Waals surface area contributed by atoms with Crippen LogP contribution in [0.15, 0.2) is 54.7 Å². The predicted molar refractivity (Wildman–Crippen MR) is 132 cm³/mol. The minimum absolute atomic E-state index is 0.0141. The molecule has 0 saturated carbocycles. The Morgan fingerprint density at radius 1 is 1.00 bits per heavy atom. The Bertz CT molecular complexity index is 1100. The summed E-state index contributed by atoms with van der Waals surface area (Å²) in [6, 6.07) is 11.8. The number of fused-ring (bicyclic) bond motifs is 3.